The van der Waals surface area contributed by atoms with Crippen LogP contribution < -0.4 is 4.31 Å². The van der Waals surface area contributed by atoms with E-state index in [9.17, 15) is 21.6 Å². The maximum Gasteiger partial charge on any atom is 0.243 e. The first-order valence-corrected chi connectivity index (χ1v) is 11.3. The monoisotopic (exact) mass is 408 g/mol. The van der Waals surface area contributed by atoms with Crippen molar-refractivity contribution in [2.75, 3.05) is 17.1 Å². The predicted octanol–water partition coefficient (Wildman–Crippen LogP) is 1.88. The van der Waals surface area contributed by atoms with Crippen LogP contribution in [0.1, 0.15) is 17.5 Å². The average molecular weight is 409 g/mol. The highest BCUT2D eigenvalue weighted by Crippen LogP contribution is 2.29. The summed E-state index contributed by atoms with van der Waals surface area (Å²) >= 11 is 0. The third kappa shape index (κ3) is 3.76. The molecule has 1 amide bonds. The highest BCUT2D eigenvalue weighted by atomic mass is 32.2. The van der Waals surface area contributed by atoms with Crippen LogP contribution in [0.4, 0.5) is 5.69 Å². The molecule has 2 aromatic rings. The Hall–Kier alpha value is -2.23. The van der Waals surface area contributed by atoms with E-state index in [-0.39, 0.29) is 29.3 Å². The molecule has 0 bridgehead atoms. The number of nitrogens with zero attached hydrogens (tertiary/aromatic N) is 2. The largest absolute Gasteiger partial charge is 0.273 e. The van der Waals surface area contributed by atoms with E-state index in [0.29, 0.717) is 5.56 Å². The molecule has 1 heterocycles. The Labute approximate surface area is 159 Å². The zero-order valence-corrected chi connectivity index (χ0v) is 16.6. The van der Waals surface area contributed by atoms with Crippen LogP contribution in [0.25, 0.3) is 0 Å². The quantitative estimate of drug-likeness (QED) is 0.753. The van der Waals surface area contributed by atoms with Gasteiger partial charge in [-0.2, -0.15) is 4.31 Å². The van der Waals surface area contributed by atoms with Gasteiger partial charge in [-0.15, -0.1) is 0 Å². The van der Waals surface area contributed by atoms with Gasteiger partial charge in [-0.25, -0.2) is 21.1 Å². The van der Waals surface area contributed by atoms with E-state index in [2.05, 4.69) is 0 Å². The smallest absolute Gasteiger partial charge is 0.243 e. The number of sulfonamides is 2. The second kappa shape index (κ2) is 7.06. The van der Waals surface area contributed by atoms with Crippen LogP contribution in [0, 0.1) is 6.92 Å². The van der Waals surface area contributed by atoms with Crippen LogP contribution in [0.2, 0.25) is 0 Å². The van der Waals surface area contributed by atoms with Gasteiger partial charge in [0.05, 0.1) is 16.3 Å². The molecule has 7 nitrogen and oxygen atoms in total. The highest BCUT2D eigenvalue weighted by Gasteiger charge is 2.36. The predicted molar refractivity (Wildman–Crippen MR) is 102 cm³/mol. The van der Waals surface area contributed by atoms with Gasteiger partial charge >= 0.3 is 0 Å². The lowest BCUT2D eigenvalue weighted by molar-refractivity contribution is -0.116. The number of carbonyl (C=O) groups excluding carboxylic acids is 1. The lowest BCUT2D eigenvalue weighted by Crippen LogP contribution is -2.30. The maximum atomic E-state index is 12.9. The number of anilines is 1. The molecular formula is C18H20N2O5S2. The second-order valence-electron chi connectivity index (χ2n) is 6.42. The van der Waals surface area contributed by atoms with Crippen LogP contribution in [0.3, 0.4) is 0 Å². The lowest BCUT2D eigenvalue weighted by Gasteiger charge is -2.20. The fourth-order valence-electron chi connectivity index (χ4n) is 3.01. The van der Waals surface area contributed by atoms with Crippen molar-refractivity contribution in [1.82, 2.24) is 4.31 Å². The first-order valence-electron chi connectivity index (χ1n) is 8.30. The van der Waals surface area contributed by atoms with Crippen molar-refractivity contribution in [3.63, 3.8) is 0 Å². The second-order valence-corrected chi connectivity index (χ2v) is 10.4. The molecule has 0 spiro atoms. The molecule has 144 valence electrons. The van der Waals surface area contributed by atoms with Gasteiger partial charge in [0.1, 0.15) is 0 Å². The summed E-state index contributed by atoms with van der Waals surface area (Å²) in [5.41, 5.74) is 1.40. The number of hydrogen-bond acceptors (Lipinski definition) is 5. The van der Waals surface area contributed by atoms with Crippen molar-refractivity contribution >= 4 is 31.6 Å². The Kier molecular flexibility index (Phi) is 5.11. The third-order valence-corrected chi connectivity index (χ3v) is 8.06. The van der Waals surface area contributed by atoms with E-state index >= 15 is 0 Å². The standard InChI is InChI=1S/C18H20N2O5S2/c1-14-12-16(20-18(21)10-11-26(20,22)23)8-9-17(14)27(24,25)19(2)13-15-6-4-3-5-7-15/h3-9,12H,10-11,13H2,1-2H3. The van der Waals surface area contributed by atoms with Crippen LogP contribution in [0.5, 0.6) is 0 Å². The first kappa shape index (κ1) is 19.5. The Balaban J connectivity index is 1.92. The lowest BCUT2D eigenvalue weighted by atomic mass is 10.2. The summed E-state index contributed by atoms with van der Waals surface area (Å²) in [5, 5.41) is 0. The van der Waals surface area contributed by atoms with E-state index in [1.54, 1.807) is 6.92 Å². The van der Waals surface area contributed by atoms with Gasteiger partial charge < -0.3 is 0 Å². The molecule has 1 aliphatic heterocycles. The molecule has 0 aromatic heterocycles. The number of aryl methyl sites for hydroxylation is 1. The van der Waals surface area contributed by atoms with E-state index in [1.807, 2.05) is 30.3 Å². The highest BCUT2D eigenvalue weighted by molar-refractivity contribution is 7.94. The van der Waals surface area contributed by atoms with Crippen LogP contribution >= 0.6 is 0 Å². The van der Waals surface area contributed by atoms with E-state index < -0.39 is 26.0 Å². The minimum atomic E-state index is -3.77. The fourth-order valence-corrected chi connectivity index (χ4v) is 5.82. The number of rotatable bonds is 5. The molecule has 3 rings (SSSR count). The van der Waals surface area contributed by atoms with E-state index in [0.717, 1.165) is 9.87 Å². The summed E-state index contributed by atoms with van der Waals surface area (Å²) in [6, 6.07) is 13.3. The van der Waals surface area contributed by atoms with E-state index in [1.165, 1.54) is 29.6 Å². The molecule has 27 heavy (non-hydrogen) atoms. The molecule has 2 aromatic carbocycles. The summed E-state index contributed by atoms with van der Waals surface area (Å²) in [6.07, 6.45) is -0.0682. The van der Waals surface area contributed by atoms with Crippen LogP contribution in [-0.4, -0.2) is 39.8 Å². The molecular weight excluding hydrogens is 388 g/mol. The van der Waals surface area contributed by atoms with Crippen molar-refractivity contribution in [3.05, 3.63) is 59.7 Å². The molecule has 0 atom stereocenters. The summed E-state index contributed by atoms with van der Waals surface area (Å²) in [5.74, 6) is -0.740. The zero-order chi connectivity index (χ0) is 19.8. The number of hydrogen-bond donors (Lipinski definition) is 0. The summed E-state index contributed by atoms with van der Waals surface area (Å²) < 4.78 is 51.9. The topological polar surface area (TPSA) is 91.8 Å². The van der Waals surface area contributed by atoms with Crippen LogP contribution in [0.15, 0.2) is 53.4 Å². The molecule has 1 aliphatic rings. The average Bonchev–Trinajstić information content (AvgIpc) is 2.88. The van der Waals surface area contributed by atoms with Gasteiger partial charge in [0.25, 0.3) is 0 Å². The maximum absolute atomic E-state index is 12.9. The molecule has 0 saturated carbocycles. The van der Waals surface area contributed by atoms with Gasteiger partial charge in [-0.1, -0.05) is 30.3 Å². The molecule has 1 saturated heterocycles. The zero-order valence-electron chi connectivity index (χ0n) is 15.0. The number of carbonyl (C=O) groups is 1. The van der Waals surface area contributed by atoms with Gasteiger partial charge in [0, 0.05) is 20.0 Å². The summed E-state index contributed by atoms with van der Waals surface area (Å²) in [7, 11) is -5.97. The number of amides is 1. The Bertz CT molecular complexity index is 1080. The minimum Gasteiger partial charge on any atom is -0.273 e. The van der Waals surface area contributed by atoms with Crippen molar-refractivity contribution in [1.29, 1.82) is 0 Å². The number of benzene rings is 2. The van der Waals surface area contributed by atoms with Crippen molar-refractivity contribution in [3.8, 4) is 0 Å². The SMILES string of the molecule is Cc1cc(N2C(=O)CCS2(=O)=O)ccc1S(=O)(=O)N(C)Cc1ccccc1. The van der Waals surface area contributed by atoms with Gasteiger partial charge in [0.2, 0.25) is 26.0 Å². The molecule has 0 N–H and O–H groups in total. The van der Waals surface area contributed by atoms with Gasteiger partial charge in [-0.05, 0) is 36.2 Å². The Morgan fingerprint density at radius 3 is 2.33 bits per heavy atom. The fraction of sp³-hybridized carbons (Fsp3) is 0.278. The Morgan fingerprint density at radius 2 is 1.78 bits per heavy atom. The van der Waals surface area contributed by atoms with Crippen molar-refractivity contribution in [2.24, 2.45) is 0 Å². The van der Waals surface area contributed by atoms with Crippen LogP contribution in [-0.2, 0) is 31.4 Å². The molecule has 9 heteroatoms. The molecule has 0 unspecified atom stereocenters. The van der Waals surface area contributed by atoms with Gasteiger partial charge in [-0.3, -0.25) is 4.79 Å². The van der Waals surface area contributed by atoms with Gasteiger partial charge in [0.15, 0.2) is 0 Å². The summed E-state index contributed by atoms with van der Waals surface area (Å²) in [6.45, 7) is 1.79. The minimum absolute atomic E-state index is 0.0682. The van der Waals surface area contributed by atoms with Crippen molar-refractivity contribution < 1.29 is 21.6 Å². The molecule has 0 radical (unpaired) electrons. The summed E-state index contributed by atoms with van der Waals surface area (Å²) in [4.78, 5) is 12.0. The Morgan fingerprint density at radius 1 is 1.11 bits per heavy atom. The normalized spacial score (nSPS) is 16.9. The van der Waals surface area contributed by atoms with E-state index in [4.69, 9.17) is 0 Å². The van der Waals surface area contributed by atoms with Crippen molar-refractivity contribution in [2.45, 2.75) is 24.8 Å². The third-order valence-electron chi connectivity index (χ3n) is 4.41. The molecule has 0 aliphatic carbocycles. The molecule has 1 fully saturated rings. The first-order chi connectivity index (χ1) is 12.6.